The van der Waals surface area contributed by atoms with E-state index in [4.69, 9.17) is 14.1 Å². The van der Waals surface area contributed by atoms with Crippen LogP contribution in [-0.2, 0) is 6.54 Å². The van der Waals surface area contributed by atoms with Crippen molar-refractivity contribution in [3.8, 4) is 28.3 Å². The van der Waals surface area contributed by atoms with E-state index in [-0.39, 0.29) is 5.75 Å². The lowest BCUT2D eigenvalue weighted by Gasteiger charge is -2.38. The van der Waals surface area contributed by atoms with Crippen LogP contribution in [0.3, 0.4) is 0 Å². The third-order valence-electron chi connectivity index (χ3n) is 10.0. The Morgan fingerprint density at radius 3 is 2.23 bits per heavy atom. The van der Waals surface area contributed by atoms with Gasteiger partial charge in [-0.15, -0.1) is 0 Å². The molecule has 3 fully saturated rings. The molecule has 0 spiro atoms. The number of fused-ring (bicyclic) bond motifs is 1. The second kappa shape index (κ2) is 12.5. The highest BCUT2D eigenvalue weighted by Crippen LogP contribution is 2.39. The summed E-state index contributed by atoms with van der Waals surface area (Å²) in [6.07, 6.45) is 7.38. The molecule has 0 aliphatic carbocycles. The molecule has 232 valence electrons. The second-order valence-electron chi connectivity index (χ2n) is 12.7. The molecule has 8 heteroatoms. The first-order valence-corrected chi connectivity index (χ1v) is 16.2. The highest BCUT2D eigenvalue weighted by atomic mass is 19.3. The maximum Gasteiger partial charge on any atom is 0.387 e. The van der Waals surface area contributed by atoms with Crippen LogP contribution in [0.1, 0.15) is 55.2 Å². The van der Waals surface area contributed by atoms with Crippen molar-refractivity contribution < 1.29 is 17.9 Å². The van der Waals surface area contributed by atoms with E-state index in [1.54, 1.807) is 6.07 Å². The summed E-state index contributed by atoms with van der Waals surface area (Å²) in [5, 5.41) is 0. The molecule has 4 heterocycles. The van der Waals surface area contributed by atoms with Gasteiger partial charge in [-0.2, -0.15) is 8.78 Å². The molecule has 3 aromatic carbocycles. The third-order valence-corrected chi connectivity index (χ3v) is 10.0. The first kappa shape index (κ1) is 29.2. The topological polar surface area (TPSA) is 45.0 Å². The van der Waals surface area contributed by atoms with Crippen LogP contribution >= 0.6 is 0 Å². The average Bonchev–Trinajstić information content (AvgIpc) is 3.81. The Hall–Kier alpha value is -3.49. The Bertz CT molecular complexity index is 1620. The number of alkyl halides is 2. The van der Waals surface area contributed by atoms with E-state index in [2.05, 4.69) is 52.8 Å². The van der Waals surface area contributed by atoms with Crippen molar-refractivity contribution in [2.24, 2.45) is 0 Å². The lowest BCUT2D eigenvalue weighted by atomic mass is 9.92. The van der Waals surface area contributed by atoms with E-state index >= 15 is 0 Å². The Morgan fingerprint density at radius 1 is 0.841 bits per heavy atom. The van der Waals surface area contributed by atoms with Gasteiger partial charge >= 0.3 is 6.61 Å². The van der Waals surface area contributed by atoms with Crippen molar-refractivity contribution >= 4 is 16.8 Å². The SMILES string of the molecule is Cc1c(-c2nc3cc(CN4CCCC4)c(OC(F)F)cc3o2)cccc1-c1cccc(N2CCC(N3CCCC3)CC2)c1C. The van der Waals surface area contributed by atoms with Crippen LogP contribution in [0.15, 0.2) is 52.9 Å². The summed E-state index contributed by atoms with van der Waals surface area (Å²) in [6, 6.07) is 17.0. The van der Waals surface area contributed by atoms with Gasteiger partial charge in [-0.25, -0.2) is 4.98 Å². The largest absolute Gasteiger partial charge is 0.436 e. The van der Waals surface area contributed by atoms with Crippen molar-refractivity contribution in [1.82, 2.24) is 14.8 Å². The van der Waals surface area contributed by atoms with Gasteiger partial charge < -0.3 is 19.0 Å². The van der Waals surface area contributed by atoms with Gasteiger partial charge in [-0.3, -0.25) is 4.90 Å². The number of nitrogens with zero attached hydrogens (tertiary/aromatic N) is 4. The van der Waals surface area contributed by atoms with E-state index < -0.39 is 6.61 Å². The maximum atomic E-state index is 13.3. The molecule has 0 radical (unpaired) electrons. The summed E-state index contributed by atoms with van der Waals surface area (Å²) in [5.41, 5.74) is 8.73. The number of oxazole rings is 1. The lowest BCUT2D eigenvalue weighted by molar-refractivity contribution is -0.0506. The van der Waals surface area contributed by atoms with Gasteiger partial charge in [0.05, 0.1) is 0 Å². The summed E-state index contributed by atoms with van der Waals surface area (Å²) in [5.74, 6) is 0.642. The summed E-state index contributed by atoms with van der Waals surface area (Å²) in [7, 11) is 0. The monoisotopic (exact) mass is 600 g/mol. The zero-order valence-corrected chi connectivity index (χ0v) is 25.8. The van der Waals surface area contributed by atoms with Crippen molar-refractivity contribution in [2.45, 2.75) is 71.6 Å². The molecular formula is C36H42F2N4O2. The summed E-state index contributed by atoms with van der Waals surface area (Å²) >= 11 is 0. The van der Waals surface area contributed by atoms with Crippen LogP contribution in [0.2, 0.25) is 0 Å². The fraction of sp³-hybridized carbons (Fsp3) is 0.472. The molecule has 3 aliphatic rings. The predicted octanol–water partition coefficient (Wildman–Crippen LogP) is 8.04. The van der Waals surface area contributed by atoms with Gasteiger partial charge in [0.2, 0.25) is 5.89 Å². The molecule has 0 atom stereocenters. The highest BCUT2D eigenvalue weighted by Gasteiger charge is 2.27. The number of anilines is 1. The van der Waals surface area contributed by atoms with E-state index in [1.165, 1.54) is 55.6 Å². The highest BCUT2D eigenvalue weighted by molar-refractivity contribution is 5.83. The van der Waals surface area contributed by atoms with Crippen LogP contribution in [0.25, 0.3) is 33.7 Å². The van der Waals surface area contributed by atoms with Gasteiger partial charge in [-0.1, -0.05) is 24.3 Å². The van der Waals surface area contributed by atoms with Crippen LogP contribution in [0.5, 0.6) is 5.75 Å². The molecule has 4 aromatic rings. The smallest absolute Gasteiger partial charge is 0.387 e. The third kappa shape index (κ3) is 5.82. The fourth-order valence-electron chi connectivity index (χ4n) is 7.62. The molecule has 0 amide bonds. The Labute approximate surface area is 258 Å². The molecule has 6 nitrogen and oxygen atoms in total. The number of piperidine rings is 1. The summed E-state index contributed by atoms with van der Waals surface area (Å²) in [4.78, 5) is 12.4. The number of aromatic nitrogens is 1. The van der Waals surface area contributed by atoms with Gasteiger partial charge in [0.15, 0.2) is 5.58 Å². The van der Waals surface area contributed by atoms with Crippen LogP contribution in [0.4, 0.5) is 14.5 Å². The van der Waals surface area contributed by atoms with E-state index in [0.29, 0.717) is 29.1 Å². The molecule has 0 bridgehead atoms. The van der Waals surface area contributed by atoms with Crippen molar-refractivity contribution in [3.05, 3.63) is 65.2 Å². The number of halogens is 2. The van der Waals surface area contributed by atoms with Crippen molar-refractivity contribution in [1.29, 1.82) is 0 Å². The first-order chi connectivity index (χ1) is 21.4. The Kier molecular flexibility index (Phi) is 8.29. The maximum absolute atomic E-state index is 13.3. The second-order valence-corrected chi connectivity index (χ2v) is 12.7. The number of benzene rings is 3. The minimum atomic E-state index is -2.90. The zero-order chi connectivity index (χ0) is 30.2. The van der Waals surface area contributed by atoms with Gasteiger partial charge in [0.1, 0.15) is 11.3 Å². The van der Waals surface area contributed by atoms with E-state index in [1.807, 2.05) is 18.2 Å². The Balaban J connectivity index is 1.17. The minimum absolute atomic E-state index is 0.157. The predicted molar refractivity (Wildman–Crippen MR) is 172 cm³/mol. The average molecular weight is 601 g/mol. The number of ether oxygens (including phenoxy) is 1. The van der Waals surface area contributed by atoms with Gasteiger partial charge in [0.25, 0.3) is 0 Å². The zero-order valence-electron chi connectivity index (χ0n) is 25.8. The van der Waals surface area contributed by atoms with Crippen molar-refractivity contribution in [2.75, 3.05) is 44.2 Å². The summed E-state index contributed by atoms with van der Waals surface area (Å²) < 4.78 is 37.8. The van der Waals surface area contributed by atoms with Crippen LogP contribution in [0, 0.1) is 13.8 Å². The normalized spacial score (nSPS) is 18.7. The molecule has 3 aliphatic heterocycles. The van der Waals surface area contributed by atoms with Gasteiger partial charge in [-0.05, 0) is 119 Å². The van der Waals surface area contributed by atoms with E-state index in [0.717, 1.165) is 61.8 Å². The number of likely N-dealkylation sites (tertiary alicyclic amines) is 2. The molecule has 3 saturated heterocycles. The van der Waals surface area contributed by atoms with Crippen LogP contribution in [-0.4, -0.2) is 66.7 Å². The van der Waals surface area contributed by atoms with Crippen molar-refractivity contribution in [3.63, 3.8) is 0 Å². The molecule has 7 rings (SSSR count). The van der Waals surface area contributed by atoms with Crippen LogP contribution < -0.4 is 9.64 Å². The first-order valence-electron chi connectivity index (χ1n) is 16.2. The molecule has 0 unspecified atom stereocenters. The molecule has 1 aromatic heterocycles. The number of rotatable bonds is 8. The number of hydrogen-bond acceptors (Lipinski definition) is 6. The molecule has 0 saturated carbocycles. The van der Waals surface area contributed by atoms with Gasteiger partial charge in [0, 0.05) is 48.6 Å². The standard InChI is InChI=1S/C36H42F2N4O2/c1-24-28(29-10-8-12-32(25(29)2)42-19-13-27(14-20-42)41-17-5-6-18-41)9-7-11-30(24)35-39-31-21-26(23-40-15-3-4-16-40)33(44-36(37)38)22-34(31)43-35/h7-12,21-22,27,36H,3-6,13-20,23H2,1-2H3. The molecular weight excluding hydrogens is 558 g/mol. The quantitative estimate of drug-likeness (QED) is 0.204. The molecule has 0 N–H and O–H groups in total. The fourth-order valence-corrected chi connectivity index (χ4v) is 7.62. The summed E-state index contributed by atoms with van der Waals surface area (Å²) in [6.45, 7) is 8.61. The Morgan fingerprint density at radius 2 is 1.50 bits per heavy atom. The number of hydrogen-bond donors (Lipinski definition) is 0. The molecule has 44 heavy (non-hydrogen) atoms. The minimum Gasteiger partial charge on any atom is -0.436 e. The lowest BCUT2D eigenvalue weighted by Crippen LogP contribution is -2.44. The van der Waals surface area contributed by atoms with E-state index in [9.17, 15) is 8.78 Å².